The van der Waals surface area contributed by atoms with Crippen LogP contribution >= 0.6 is 38.6 Å². The van der Waals surface area contributed by atoms with Crippen LogP contribution in [0.25, 0.3) is 0 Å². The van der Waals surface area contributed by atoms with Crippen LogP contribution in [-0.4, -0.2) is 31.1 Å². The van der Waals surface area contributed by atoms with Crippen LogP contribution in [0.5, 0.6) is 0 Å². The predicted octanol–water partition coefficient (Wildman–Crippen LogP) is 4.84. The molecule has 2 aliphatic rings. The first-order valence-electron chi connectivity index (χ1n) is 10.0. The Hall–Kier alpha value is -1.56. The Balaban J connectivity index is 1.51. The van der Waals surface area contributed by atoms with Gasteiger partial charge < -0.3 is 15.4 Å². The molecule has 1 aliphatic carbocycles. The fraction of sp³-hybridized carbons (Fsp3) is 0.500. The van der Waals surface area contributed by atoms with E-state index in [0.29, 0.717) is 17.0 Å². The number of carbonyl (C=O) groups excluding carboxylic acids is 2. The quantitative estimate of drug-likeness (QED) is 0.480. The minimum atomic E-state index is -2.80. The molecule has 0 unspecified atom stereocenters. The highest BCUT2D eigenvalue weighted by Gasteiger charge is 2.39. The standard InChI is InChI=1S/C20H22BrF2N3O3S2/c1-2-29-18(27)15-11-3-5-20(22,23)7-13(11)31-17(15)26-19(28)25-8-12-10-4-6-24-9-14(10)30-16(12)21/h24H,2-9H2,1H3,(H2,25,26,28). The number of nitrogens with one attached hydrogen (secondary N) is 3. The molecule has 6 nitrogen and oxygen atoms in total. The fourth-order valence-electron chi connectivity index (χ4n) is 3.92. The summed E-state index contributed by atoms with van der Waals surface area (Å²) in [7, 11) is 0. The van der Waals surface area contributed by atoms with Gasteiger partial charge in [0.15, 0.2) is 0 Å². The van der Waals surface area contributed by atoms with E-state index in [1.807, 2.05) is 0 Å². The number of halogens is 3. The SMILES string of the molecule is CCOC(=O)c1c(NC(=O)NCc2c(Br)sc3c2CCNC3)sc2c1CCC(F)(F)C2. The van der Waals surface area contributed by atoms with Crippen LogP contribution in [0.2, 0.25) is 0 Å². The summed E-state index contributed by atoms with van der Waals surface area (Å²) in [5.41, 5.74) is 3.06. The highest BCUT2D eigenvalue weighted by atomic mass is 79.9. The summed E-state index contributed by atoms with van der Waals surface area (Å²) in [6.07, 6.45) is 0.235. The zero-order valence-electron chi connectivity index (χ0n) is 16.8. The average Bonchev–Trinajstić information content (AvgIpc) is 3.21. The molecule has 0 bridgehead atoms. The van der Waals surface area contributed by atoms with Crippen LogP contribution in [0.15, 0.2) is 3.79 Å². The average molecular weight is 534 g/mol. The van der Waals surface area contributed by atoms with E-state index in [4.69, 9.17) is 4.74 Å². The second kappa shape index (κ2) is 9.13. The largest absolute Gasteiger partial charge is 0.462 e. The molecule has 2 aromatic rings. The lowest BCUT2D eigenvalue weighted by atomic mass is 9.93. The molecule has 11 heteroatoms. The summed E-state index contributed by atoms with van der Waals surface area (Å²) < 4.78 is 33.9. The minimum Gasteiger partial charge on any atom is -0.462 e. The van der Waals surface area contributed by atoms with Crippen molar-refractivity contribution in [2.45, 2.75) is 51.6 Å². The number of urea groups is 1. The number of thiophene rings is 2. The highest BCUT2D eigenvalue weighted by molar-refractivity contribution is 9.11. The number of hydrogen-bond donors (Lipinski definition) is 3. The van der Waals surface area contributed by atoms with Crippen molar-refractivity contribution in [1.82, 2.24) is 10.6 Å². The smallest absolute Gasteiger partial charge is 0.341 e. The molecule has 1 aliphatic heterocycles. The minimum absolute atomic E-state index is 0.0816. The van der Waals surface area contributed by atoms with Gasteiger partial charge in [-0.15, -0.1) is 22.7 Å². The Morgan fingerprint density at radius 1 is 1.23 bits per heavy atom. The van der Waals surface area contributed by atoms with E-state index in [-0.39, 0.29) is 30.0 Å². The molecule has 31 heavy (non-hydrogen) atoms. The van der Waals surface area contributed by atoms with Crippen LogP contribution in [0.4, 0.5) is 18.6 Å². The number of anilines is 1. The van der Waals surface area contributed by atoms with Gasteiger partial charge in [0, 0.05) is 35.7 Å². The van der Waals surface area contributed by atoms with Gasteiger partial charge in [0.2, 0.25) is 0 Å². The van der Waals surface area contributed by atoms with Crippen LogP contribution in [0.1, 0.15) is 50.1 Å². The van der Waals surface area contributed by atoms with Gasteiger partial charge in [0.25, 0.3) is 5.92 Å². The molecule has 0 fully saturated rings. The van der Waals surface area contributed by atoms with E-state index < -0.39 is 24.3 Å². The second-order valence-electron chi connectivity index (χ2n) is 7.45. The van der Waals surface area contributed by atoms with E-state index in [9.17, 15) is 18.4 Å². The van der Waals surface area contributed by atoms with Crippen LogP contribution < -0.4 is 16.0 Å². The third kappa shape index (κ3) is 4.79. The molecule has 0 saturated carbocycles. The number of rotatable bonds is 5. The lowest BCUT2D eigenvalue weighted by molar-refractivity contribution is -0.0114. The van der Waals surface area contributed by atoms with Gasteiger partial charge in [-0.3, -0.25) is 5.32 Å². The first-order chi connectivity index (χ1) is 14.8. The van der Waals surface area contributed by atoms with E-state index in [2.05, 4.69) is 31.9 Å². The summed E-state index contributed by atoms with van der Waals surface area (Å²) >= 11 is 6.26. The molecule has 2 amide bonds. The molecule has 3 N–H and O–H groups in total. The zero-order chi connectivity index (χ0) is 22.2. The normalized spacial score (nSPS) is 16.9. The molecule has 4 rings (SSSR count). The molecule has 0 saturated heterocycles. The van der Waals surface area contributed by atoms with Crippen molar-refractivity contribution in [2.24, 2.45) is 0 Å². The van der Waals surface area contributed by atoms with Gasteiger partial charge >= 0.3 is 12.0 Å². The van der Waals surface area contributed by atoms with Crippen LogP contribution in [0, 0.1) is 0 Å². The molecule has 0 radical (unpaired) electrons. The summed E-state index contributed by atoms with van der Waals surface area (Å²) in [5, 5.41) is 9.12. The topological polar surface area (TPSA) is 79.5 Å². The number of carbonyl (C=O) groups is 2. The number of hydrogen-bond acceptors (Lipinski definition) is 6. The second-order valence-corrected chi connectivity index (χ2v) is 11.0. The number of ether oxygens (including phenoxy) is 1. The van der Waals surface area contributed by atoms with E-state index in [0.717, 1.165) is 40.2 Å². The first-order valence-corrected chi connectivity index (χ1v) is 12.5. The molecule has 168 valence electrons. The van der Waals surface area contributed by atoms with Crippen LogP contribution in [0.3, 0.4) is 0 Å². The number of fused-ring (bicyclic) bond motifs is 2. The highest BCUT2D eigenvalue weighted by Crippen LogP contribution is 2.43. The summed E-state index contributed by atoms with van der Waals surface area (Å²) in [6, 6.07) is -0.489. The van der Waals surface area contributed by atoms with Gasteiger partial charge in [0.1, 0.15) is 5.00 Å². The molecular formula is C20H22BrF2N3O3S2. The molecule has 0 aromatic carbocycles. The van der Waals surface area contributed by atoms with Crippen molar-refractivity contribution >= 4 is 55.6 Å². The van der Waals surface area contributed by atoms with Crippen LogP contribution in [-0.2, 0) is 37.1 Å². The molecular weight excluding hydrogens is 512 g/mol. The van der Waals surface area contributed by atoms with E-state index in [1.54, 1.807) is 18.3 Å². The van der Waals surface area contributed by atoms with Gasteiger partial charge in [-0.2, -0.15) is 0 Å². The molecule has 0 atom stereocenters. The van der Waals surface area contributed by atoms with Gasteiger partial charge in [-0.1, -0.05) is 0 Å². The van der Waals surface area contributed by atoms with Crippen molar-refractivity contribution in [2.75, 3.05) is 18.5 Å². The molecule has 3 heterocycles. The Bertz CT molecular complexity index is 1020. The van der Waals surface area contributed by atoms with E-state index >= 15 is 0 Å². The lowest BCUT2D eigenvalue weighted by Crippen LogP contribution is -2.30. The molecule has 0 spiro atoms. The third-order valence-electron chi connectivity index (χ3n) is 5.37. The summed E-state index contributed by atoms with van der Waals surface area (Å²) in [6.45, 7) is 3.88. The summed E-state index contributed by atoms with van der Waals surface area (Å²) in [4.78, 5) is 26.8. The third-order valence-corrected chi connectivity index (χ3v) is 8.55. The lowest BCUT2D eigenvalue weighted by Gasteiger charge is -2.21. The van der Waals surface area contributed by atoms with Crippen molar-refractivity contribution in [3.63, 3.8) is 0 Å². The van der Waals surface area contributed by atoms with Crippen molar-refractivity contribution in [1.29, 1.82) is 0 Å². The number of alkyl halides is 2. The Morgan fingerprint density at radius 3 is 2.81 bits per heavy atom. The monoisotopic (exact) mass is 533 g/mol. The predicted molar refractivity (Wildman–Crippen MR) is 121 cm³/mol. The van der Waals surface area contributed by atoms with Crippen molar-refractivity contribution in [3.8, 4) is 0 Å². The maximum atomic E-state index is 13.9. The van der Waals surface area contributed by atoms with E-state index in [1.165, 1.54) is 10.4 Å². The Morgan fingerprint density at radius 2 is 2.03 bits per heavy atom. The Kier molecular flexibility index (Phi) is 6.66. The maximum Gasteiger partial charge on any atom is 0.341 e. The van der Waals surface area contributed by atoms with Gasteiger partial charge in [-0.25, -0.2) is 18.4 Å². The first kappa shape index (κ1) is 22.6. The zero-order valence-corrected chi connectivity index (χ0v) is 20.1. The van der Waals surface area contributed by atoms with Gasteiger partial charge in [-0.05, 0) is 58.9 Å². The fourth-order valence-corrected chi connectivity index (χ4v) is 7.25. The van der Waals surface area contributed by atoms with Crippen molar-refractivity contribution in [3.05, 3.63) is 35.8 Å². The van der Waals surface area contributed by atoms with Gasteiger partial charge in [0.05, 0.1) is 16.0 Å². The maximum absolute atomic E-state index is 13.9. The Labute approximate surface area is 194 Å². The number of amides is 2. The van der Waals surface area contributed by atoms with Crippen molar-refractivity contribution < 1.29 is 23.1 Å². The number of esters is 1. The molecule has 2 aromatic heterocycles. The summed E-state index contributed by atoms with van der Waals surface area (Å²) in [5.74, 6) is -3.40.